The zero-order valence-corrected chi connectivity index (χ0v) is 12.4. The van der Waals surface area contributed by atoms with Gasteiger partial charge in [0.25, 0.3) is 5.91 Å². The molecule has 2 heterocycles. The molecule has 0 aliphatic carbocycles. The van der Waals surface area contributed by atoms with Crippen LogP contribution in [0, 0.1) is 0 Å². The molecule has 1 unspecified atom stereocenters. The van der Waals surface area contributed by atoms with Crippen molar-refractivity contribution in [3.05, 3.63) is 41.7 Å². The molecule has 22 heavy (non-hydrogen) atoms. The first-order valence-electron chi connectivity index (χ1n) is 6.86. The number of carbonyl (C=O) groups excluding carboxylic acids is 1. The molecule has 3 rings (SSSR count). The van der Waals surface area contributed by atoms with E-state index in [1.54, 1.807) is 36.2 Å². The molecule has 1 aromatic heterocycles. The molecule has 0 fully saturated rings. The Hall–Kier alpha value is -2.54. The molecule has 1 aliphatic rings. The predicted octanol–water partition coefficient (Wildman–Crippen LogP) is 1.27. The Bertz CT molecular complexity index is 683. The highest BCUT2D eigenvalue weighted by atomic mass is 16.7. The lowest BCUT2D eigenvalue weighted by atomic mass is 10.1. The molecular weight excluding hydrogens is 286 g/mol. The smallest absolute Gasteiger partial charge is 0.252 e. The third kappa shape index (κ3) is 2.75. The minimum Gasteiger partial charge on any atom is -0.454 e. The van der Waals surface area contributed by atoms with Crippen LogP contribution in [0.15, 0.2) is 30.5 Å². The molecule has 1 amide bonds. The van der Waals surface area contributed by atoms with Gasteiger partial charge >= 0.3 is 0 Å². The average molecular weight is 303 g/mol. The number of amides is 1. The zero-order valence-electron chi connectivity index (χ0n) is 12.4. The number of benzene rings is 1. The van der Waals surface area contributed by atoms with E-state index in [0.717, 1.165) is 5.69 Å². The van der Waals surface area contributed by atoms with Gasteiger partial charge in [-0.25, -0.2) is 0 Å². The molecule has 1 aliphatic heterocycles. The molecule has 1 N–H and O–H groups in total. The summed E-state index contributed by atoms with van der Waals surface area (Å²) < 4.78 is 17.4. The average Bonchev–Trinajstić information content (AvgIpc) is 3.14. The maximum atomic E-state index is 12.4. The summed E-state index contributed by atoms with van der Waals surface area (Å²) in [4.78, 5) is 12.4. The van der Waals surface area contributed by atoms with Crippen molar-refractivity contribution < 1.29 is 19.0 Å². The number of carbonyl (C=O) groups is 1. The van der Waals surface area contributed by atoms with Crippen LogP contribution in [0.2, 0.25) is 0 Å². The molecule has 7 nitrogen and oxygen atoms in total. The molecule has 0 saturated carbocycles. The fourth-order valence-corrected chi connectivity index (χ4v) is 2.37. The van der Waals surface area contributed by atoms with Crippen molar-refractivity contribution in [2.45, 2.75) is 6.04 Å². The minimum atomic E-state index is -0.282. The van der Waals surface area contributed by atoms with Crippen LogP contribution in [0.3, 0.4) is 0 Å². The Morgan fingerprint density at radius 2 is 2.23 bits per heavy atom. The summed E-state index contributed by atoms with van der Waals surface area (Å²) in [7, 11) is 3.42. The largest absolute Gasteiger partial charge is 0.454 e. The van der Waals surface area contributed by atoms with Crippen LogP contribution in [-0.4, -0.2) is 36.2 Å². The van der Waals surface area contributed by atoms with E-state index in [1.807, 2.05) is 13.1 Å². The first-order valence-corrected chi connectivity index (χ1v) is 6.86. The van der Waals surface area contributed by atoms with E-state index in [4.69, 9.17) is 14.2 Å². The summed E-state index contributed by atoms with van der Waals surface area (Å²) in [5.74, 6) is 1.02. The third-order valence-corrected chi connectivity index (χ3v) is 3.49. The first kappa shape index (κ1) is 14.4. The van der Waals surface area contributed by atoms with Gasteiger partial charge in [0.1, 0.15) is 0 Å². The zero-order chi connectivity index (χ0) is 15.5. The molecule has 116 valence electrons. The van der Waals surface area contributed by atoms with Gasteiger partial charge in [0.2, 0.25) is 6.79 Å². The summed E-state index contributed by atoms with van der Waals surface area (Å²) in [5.41, 5.74) is 1.38. The van der Waals surface area contributed by atoms with Crippen molar-refractivity contribution in [2.24, 2.45) is 7.05 Å². The van der Waals surface area contributed by atoms with Crippen LogP contribution < -0.4 is 14.8 Å². The van der Waals surface area contributed by atoms with Crippen LogP contribution >= 0.6 is 0 Å². The highest BCUT2D eigenvalue weighted by Gasteiger charge is 2.21. The number of hydrogen-bond acceptors (Lipinski definition) is 5. The fraction of sp³-hybridized carbons (Fsp3) is 0.333. The first-order chi connectivity index (χ1) is 10.7. The number of rotatable bonds is 5. The van der Waals surface area contributed by atoms with Gasteiger partial charge in [0.05, 0.1) is 18.3 Å². The number of nitrogens with one attached hydrogen (secondary N) is 1. The molecule has 0 radical (unpaired) electrons. The molecule has 2 aromatic rings. The second-order valence-corrected chi connectivity index (χ2v) is 4.93. The summed E-state index contributed by atoms with van der Waals surface area (Å²) >= 11 is 0. The number of fused-ring (bicyclic) bond motifs is 1. The Balaban J connectivity index is 1.78. The van der Waals surface area contributed by atoms with Crippen LogP contribution in [0.4, 0.5) is 0 Å². The van der Waals surface area contributed by atoms with E-state index in [1.165, 1.54) is 0 Å². The fourth-order valence-electron chi connectivity index (χ4n) is 2.37. The van der Waals surface area contributed by atoms with Gasteiger partial charge in [-0.1, -0.05) is 0 Å². The Labute approximate surface area is 127 Å². The highest BCUT2D eigenvalue weighted by molar-refractivity contribution is 5.95. The summed E-state index contributed by atoms with van der Waals surface area (Å²) in [6.45, 7) is 0.539. The number of aryl methyl sites for hydroxylation is 1. The number of methoxy groups -OCH3 is 1. The standard InChI is InChI=1S/C15H17N3O4/c1-18-12(5-6-16-18)11(8-20-2)17-15(19)10-3-4-13-14(7-10)22-9-21-13/h3-7,11H,8-9H2,1-2H3,(H,17,19). The van der Waals surface area contributed by atoms with Crippen molar-refractivity contribution in [2.75, 3.05) is 20.5 Å². The minimum absolute atomic E-state index is 0.182. The molecule has 0 bridgehead atoms. The van der Waals surface area contributed by atoms with Gasteiger partial charge in [-0.15, -0.1) is 0 Å². The van der Waals surface area contributed by atoms with E-state index in [0.29, 0.717) is 23.7 Å². The van der Waals surface area contributed by atoms with Crippen LogP contribution in [0.25, 0.3) is 0 Å². The second-order valence-electron chi connectivity index (χ2n) is 4.93. The highest BCUT2D eigenvalue weighted by Crippen LogP contribution is 2.32. The molecule has 0 saturated heterocycles. The Kier molecular flexibility index (Phi) is 3.97. The van der Waals surface area contributed by atoms with E-state index >= 15 is 0 Å². The van der Waals surface area contributed by atoms with Gasteiger partial charge in [-0.2, -0.15) is 5.10 Å². The van der Waals surface area contributed by atoms with Gasteiger partial charge in [0.15, 0.2) is 11.5 Å². The van der Waals surface area contributed by atoms with Gasteiger partial charge in [-0.05, 0) is 24.3 Å². The monoisotopic (exact) mass is 303 g/mol. The maximum Gasteiger partial charge on any atom is 0.252 e. The van der Waals surface area contributed by atoms with Gasteiger partial charge in [-0.3, -0.25) is 9.48 Å². The van der Waals surface area contributed by atoms with Crippen LogP contribution in [-0.2, 0) is 11.8 Å². The number of ether oxygens (including phenoxy) is 3. The summed E-state index contributed by atoms with van der Waals surface area (Å²) in [6, 6.07) is 6.67. The molecule has 1 aromatic carbocycles. The lowest BCUT2D eigenvalue weighted by molar-refractivity contribution is 0.0892. The van der Waals surface area contributed by atoms with Crippen LogP contribution in [0.5, 0.6) is 11.5 Å². The molecule has 7 heteroatoms. The van der Waals surface area contributed by atoms with E-state index in [-0.39, 0.29) is 18.7 Å². The second kappa shape index (κ2) is 6.07. The maximum absolute atomic E-state index is 12.4. The van der Waals surface area contributed by atoms with Crippen molar-refractivity contribution in [1.82, 2.24) is 15.1 Å². The van der Waals surface area contributed by atoms with Gasteiger partial charge < -0.3 is 19.5 Å². The van der Waals surface area contributed by atoms with E-state index in [9.17, 15) is 4.79 Å². The third-order valence-electron chi connectivity index (χ3n) is 3.49. The van der Waals surface area contributed by atoms with E-state index in [2.05, 4.69) is 10.4 Å². The number of nitrogens with zero attached hydrogens (tertiary/aromatic N) is 2. The van der Waals surface area contributed by atoms with Crippen molar-refractivity contribution >= 4 is 5.91 Å². The number of aromatic nitrogens is 2. The molecule has 0 spiro atoms. The lowest BCUT2D eigenvalue weighted by Gasteiger charge is -2.18. The molecule has 1 atom stereocenters. The normalized spacial score (nSPS) is 13.9. The van der Waals surface area contributed by atoms with Gasteiger partial charge in [0, 0.05) is 25.9 Å². The lowest BCUT2D eigenvalue weighted by Crippen LogP contribution is -2.32. The Morgan fingerprint density at radius 1 is 1.41 bits per heavy atom. The SMILES string of the molecule is COCC(NC(=O)c1ccc2c(c1)OCO2)c1ccnn1C. The van der Waals surface area contributed by atoms with Crippen LogP contribution in [0.1, 0.15) is 22.1 Å². The van der Waals surface area contributed by atoms with Crippen molar-refractivity contribution in [1.29, 1.82) is 0 Å². The van der Waals surface area contributed by atoms with E-state index < -0.39 is 0 Å². The van der Waals surface area contributed by atoms with Crippen molar-refractivity contribution in [3.63, 3.8) is 0 Å². The summed E-state index contributed by atoms with van der Waals surface area (Å²) in [5, 5.41) is 7.07. The number of hydrogen-bond donors (Lipinski definition) is 1. The van der Waals surface area contributed by atoms with Crippen molar-refractivity contribution in [3.8, 4) is 11.5 Å². The Morgan fingerprint density at radius 3 is 2.95 bits per heavy atom. The quantitative estimate of drug-likeness (QED) is 0.900. The predicted molar refractivity (Wildman–Crippen MR) is 77.9 cm³/mol. The topological polar surface area (TPSA) is 74.6 Å². The summed E-state index contributed by atoms with van der Waals surface area (Å²) in [6.07, 6.45) is 1.69. The molecular formula is C15H17N3O4.